The maximum absolute atomic E-state index is 6.55. The molecule has 1 aromatic carbocycles. The Balaban J connectivity index is 2.87. The number of hydrogen-bond acceptors (Lipinski definition) is 3. The average Bonchev–Trinajstić information content (AvgIpc) is 2.61. The molecule has 0 fully saturated rings. The number of hydrogen-bond donors (Lipinski definition) is 0. The quantitative estimate of drug-likeness (QED) is 0.179. The van der Waals surface area contributed by atoms with E-state index in [9.17, 15) is 0 Å². The summed E-state index contributed by atoms with van der Waals surface area (Å²) in [6.45, 7) is 18.1. The number of ether oxygens (including phenoxy) is 2. The summed E-state index contributed by atoms with van der Waals surface area (Å²) < 4.78 is 18.3. The molecule has 0 aromatic heterocycles. The minimum absolute atomic E-state index is 0.0823. The summed E-state index contributed by atoms with van der Waals surface area (Å²) in [7, 11) is -2.02. The first kappa shape index (κ1) is 23.3. The third kappa shape index (κ3) is 8.20. The molecule has 0 N–H and O–H groups in total. The molecule has 1 unspecified atom stereocenters. The van der Waals surface area contributed by atoms with Crippen molar-refractivity contribution in [3.05, 3.63) is 54.0 Å². The summed E-state index contributed by atoms with van der Waals surface area (Å²) in [4.78, 5) is 0. The minimum Gasteiger partial charge on any atom is -0.482 e. The number of rotatable bonds is 9. The lowest BCUT2D eigenvalue weighted by molar-refractivity contribution is 0.0337. The van der Waals surface area contributed by atoms with Crippen LogP contribution in [0.4, 0.5) is 0 Å². The van der Waals surface area contributed by atoms with Crippen molar-refractivity contribution < 1.29 is 13.9 Å². The molecule has 1 rings (SSSR count). The van der Waals surface area contributed by atoms with Gasteiger partial charge in [0.2, 0.25) is 0 Å². The molecular weight excluding hydrogens is 352 g/mol. The highest BCUT2D eigenvalue weighted by molar-refractivity contribution is 6.74. The summed E-state index contributed by atoms with van der Waals surface area (Å²) in [5.74, 6) is 6.60. The minimum atomic E-state index is -2.02. The first-order chi connectivity index (χ1) is 12.7. The first-order valence-corrected chi connectivity index (χ1v) is 12.4. The fourth-order valence-corrected chi connectivity index (χ4v) is 3.32. The summed E-state index contributed by atoms with van der Waals surface area (Å²) in [6.07, 6.45) is 0.487. The normalized spacial score (nSPS) is 12.5. The number of benzene rings is 1. The Hall–Kier alpha value is -1.76. The molecule has 1 aromatic rings. The topological polar surface area (TPSA) is 27.7 Å². The van der Waals surface area contributed by atoms with Crippen LogP contribution in [0.3, 0.4) is 0 Å². The molecule has 0 amide bonds. The zero-order valence-corrected chi connectivity index (χ0v) is 18.7. The summed E-state index contributed by atoms with van der Waals surface area (Å²) in [5.41, 5.74) is 4.01. The molecule has 148 valence electrons. The Morgan fingerprint density at radius 2 is 1.81 bits per heavy atom. The van der Waals surface area contributed by atoms with Crippen LogP contribution < -0.4 is 0 Å². The van der Waals surface area contributed by atoms with Crippen LogP contribution >= 0.6 is 0 Å². The average molecular weight is 387 g/mol. The van der Waals surface area contributed by atoms with Crippen LogP contribution in [0.15, 0.2) is 48.4 Å². The van der Waals surface area contributed by atoms with Gasteiger partial charge in [-0.15, -0.1) is 5.92 Å². The zero-order chi connectivity index (χ0) is 20.3. The van der Waals surface area contributed by atoms with Gasteiger partial charge in [-0.2, -0.15) is 0 Å². The SMILES string of the molecule is C=C=C(OCc1ccccc1)C(COCC#CCC)O[Si](C)(C)C(C)(C)C. The second kappa shape index (κ2) is 11.2. The third-order valence-electron chi connectivity index (χ3n) is 4.69. The van der Waals surface area contributed by atoms with Gasteiger partial charge in [0.15, 0.2) is 14.1 Å². The van der Waals surface area contributed by atoms with Gasteiger partial charge >= 0.3 is 0 Å². The van der Waals surface area contributed by atoms with Crippen LogP contribution in [0, 0.1) is 11.8 Å². The predicted molar refractivity (Wildman–Crippen MR) is 115 cm³/mol. The standard InChI is InChI=1S/C23H34O3Si/c1-8-10-14-17-24-19-22(26-27(6,7)23(3,4)5)21(9-2)25-18-20-15-12-11-13-16-20/h11-13,15-16,22H,2,8,17-19H2,1,3-7H3. The van der Waals surface area contributed by atoms with Gasteiger partial charge in [0.05, 0.1) is 6.61 Å². The van der Waals surface area contributed by atoms with Crippen LogP contribution in [0.1, 0.15) is 39.7 Å². The van der Waals surface area contributed by atoms with E-state index in [4.69, 9.17) is 13.9 Å². The summed E-state index contributed by atoms with van der Waals surface area (Å²) >= 11 is 0. The molecule has 0 spiro atoms. The van der Waals surface area contributed by atoms with Gasteiger partial charge in [-0.05, 0) is 23.7 Å². The van der Waals surface area contributed by atoms with E-state index in [1.54, 1.807) is 0 Å². The molecule has 1 atom stereocenters. The molecule has 0 radical (unpaired) electrons. The zero-order valence-electron chi connectivity index (χ0n) is 17.7. The molecule has 0 aliphatic carbocycles. The molecule has 27 heavy (non-hydrogen) atoms. The van der Waals surface area contributed by atoms with Crippen molar-refractivity contribution in [1.29, 1.82) is 0 Å². The Kier molecular flexibility index (Phi) is 9.62. The lowest BCUT2D eigenvalue weighted by Gasteiger charge is -2.39. The van der Waals surface area contributed by atoms with Gasteiger partial charge in [-0.3, -0.25) is 0 Å². The van der Waals surface area contributed by atoms with Crippen molar-refractivity contribution in [2.24, 2.45) is 0 Å². The van der Waals surface area contributed by atoms with E-state index >= 15 is 0 Å². The van der Waals surface area contributed by atoms with Gasteiger partial charge in [-0.1, -0.05) is 76.3 Å². The fraction of sp³-hybridized carbons (Fsp3) is 0.522. The monoisotopic (exact) mass is 386 g/mol. The molecule has 0 bridgehead atoms. The molecule has 0 aliphatic rings. The summed E-state index contributed by atoms with van der Waals surface area (Å²) in [5, 5.41) is 0.0823. The Bertz CT molecular complexity index is 671. The maximum atomic E-state index is 6.55. The van der Waals surface area contributed by atoms with Gasteiger partial charge in [0, 0.05) is 6.42 Å². The van der Waals surface area contributed by atoms with Crippen LogP contribution in [0.25, 0.3) is 0 Å². The van der Waals surface area contributed by atoms with Crippen molar-refractivity contribution in [2.45, 2.75) is 65.0 Å². The molecular formula is C23H34O3Si. The highest BCUT2D eigenvalue weighted by Crippen LogP contribution is 2.38. The molecule has 0 saturated heterocycles. The van der Waals surface area contributed by atoms with Crippen molar-refractivity contribution in [2.75, 3.05) is 13.2 Å². The van der Waals surface area contributed by atoms with E-state index in [1.807, 2.05) is 37.3 Å². The maximum Gasteiger partial charge on any atom is 0.193 e. The summed E-state index contributed by atoms with van der Waals surface area (Å²) in [6, 6.07) is 10.0. The first-order valence-electron chi connectivity index (χ1n) is 9.49. The van der Waals surface area contributed by atoms with E-state index in [0.29, 0.717) is 25.6 Å². The van der Waals surface area contributed by atoms with Gasteiger partial charge in [0.1, 0.15) is 19.3 Å². The molecule has 0 heterocycles. The van der Waals surface area contributed by atoms with Crippen LogP contribution in [-0.2, 0) is 20.5 Å². The van der Waals surface area contributed by atoms with Gasteiger partial charge in [0.25, 0.3) is 0 Å². The van der Waals surface area contributed by atoms with E-state index in [-0.39, 0.29) is 11.1 Å². The molecule has 4 heteroatoms. The van der Waals surface area contributed by atoms with Gasteiger partial charge in [-0.25, -0.2) is 0 Å². The van der Waals surface area contributed by atoms with Crippen molar-refractivity contribution in [1.82, 2.24) is 0 Å². The lowest BCUT2D eigenvalue weighted by atomic mass is 10.2. The van der Waals surface area contributed by atoms with E-state index in [2.05, 4.69) is 58.0 Å². The van der Waals surface area contributed by atoms with Crippen LogP contribution in [-0.4, -0.2) is 27.6 Å². The van der Waals surface area contributed by atoms with Crippen molar-refractivity contribution in [3.8, 4) is 11.8 Å². The largest absolute Gasteiger partial charge is 0.482 e. The van der Waals surface area contributed by atoms with Crippen LogP contribution in [0.2, 0.25) is 18.1 Å². The Morgan fingerprint density at radius 1 is 1.15 bits per heavy atom. The van der Waals surface area contributed by atoms with E-state index < -0.39 is 8.32 Å². The Morgan fingerprint density at radius 3 is 2.37 bits per heavy atom. The predicted octanol–water partition coefficient (Wildman–Crippen LogP) is 5.69. The molecule has 0 aliphatic heterocycles. The van der Waals surface area contributed by atoms with E-state index in [1.165, 1.54) is 0 Å². The highest BCUT2D eigenvalue weighted by atomic mass is 28.4. The van der Waals surface area contributed by atoms with Crippen molar-refractivity contribution >= 4 is 8.32 Å². The van der Waals surface area contributed by atoms with Crippen LogP contribution in [0.5, 0.6) is 0 Å². The highest BCUT2D eigenvalue weighted by Gasteiger charge is 2.40. The lowest BCUT2D eigenvalue weighted by Crippen LogP contribution is -2.45. The smallest absolute Gasteiger partial charge is 0.193 e. The van der Waals surface area contributed by atoms with Crippen molar-refractivity contribution in [3.63, 3.8) is 0 Å². The fourth-order valence-electron chi connectivity index (χ4n) is 2.08. The second-order valence-electron chi connectivity index (χ2n) is 7.90. The molecule has 0 saturated carbocycles. The third-order valence-corrected chi connectivity index (χ3v) is 9.18. The van der Waals surface area contributed by atoms with E-state index in [0.717, 1.165) is 12.0 Å². The second-order valence-corrected chi connectivity index (χ2v) is 12.7. The van der Waals surface area contributed by atoms with Gasteiger partial charge < -0.3 is 13.9 Å². The Labute approximate surface area is 166 Å². The molecule has 3 nitrogen and oxygen atoms in total.